The van der Waals surface area contributed by atoms with E-state index in [0.29, 0.717) is 5.82 Å². The largest absolute Gasteiger partial charge is 0.383 e. The van der Waals surface area contributed by atoms with Crippen molar-refractivity contribution in [3.8, 4) is 11.3 Å². The van der Waals surface area contributed by atoms with Crippen molar-refractivity contribution in [2.45, 2.75) is 38.0 Å². The van der Waals surface area contributed by atoms with Crippen molar-refractivity contribution < 1.29 is 0 Å². The maximum atomic E-state index is 6.22. The number of aryl methyl sites for hydroxylation is 1. The number of nitrogen functional groups attached to an aromatic ring is 1. The van der Waals surface area contributed by atoms with Gasteiger partial charge in [0.2, 0.25) is 0 Å². The van der Waals surface area contributed by atoms with Crippen molar-refractivity contribution in [1.82, 2.24) is 14.8 Å². The number of nitrogens with zero attached hydrogens (tertiary/aromatic N) is 3. The third-order valence-corrected chi connectivity index (χ3v) is 4.29. The van der Waals surface area contributed by atoms with Crippen LogP contribution in [0, 0.1) is 0 Å². The average Bonchev–Trinajstić information content (AvgIpc) is 2.98. The van der Waals surface area contributed by atoms with E-state index in [1.807, 2.05) is 31.4 Å². The minimum absolute atomic E-state index is 0.141. The third kappa shape index (κ3) is 1.91. The zero-order valence-electron chi connectivity index (χ0n) is 11.6. The van der Waals surface area contributed by atoms with Gasteiger partial charge in [0.25, 0.3) is 0 Å². The van der Waals surface area contributed by atoms with E-state index in [1.165, 1.54) is 25.7 Å². The van der Waals surface area contributed by atoms with Crippen LogP contribution >= 0.6 is 0 Å². The van der Waals surface area contributed by atoms with E-state index in [-0.39, 0.29) is 5.41 Å². The highest BCUT2D eigenvalue weighted by Crippen LogP contribution is 2.45. The van der Waals surface area contributed by atoms with Gasteiger partial charge >= 0.3 is 0 Å². The number of anilines is 1. The number of hydrogen-bond donors (Lipinski definition) is 1. The minimum Gasteiger partial charge on any atom is -0.383 e. The number of pyridine rings is 1. The highest BCUT2D eigenvalue weighted by molar-refractivity contribution is 5.75. The van der Waals surface area contributed by atoms with Gasteiger partial charge in [-0.05, 0) is 25.0 Å². The maximum absolute atomic E-state index is 6.22. The fraction of sp³-hybridized carbons (Fsp3) is 0.467. The molecule has 0 spiro atoms. The summed E-state index contributed by atoms with van der Waals surface area (Å²) in [6, 6.07) is 5.93. The van der Waals surface area contributed by atoms with Crippen LogP contribution in [0.4, 0.5) is 5.82 Å². The Bertz CT molecular complexity index is 580. The molecule has 2 aromatic heterocycles. The number of nitrogens with two attached hydrogens (primary N) is 1. The molecule has 1 aliphatic rings. The lowest BCUT2D eigenvalue weighted by Gasteiger charge is -2.22. The molecule has 100 valence electrons. The van der Waals surface area contributed by atoms with E-state index in [9.17, 15) is 0 Å². The molecule has 3 rings (SSSR count). The number of aromatic nitrogens is 3. The first kappa shape index (κ1) is 12.2. The van der Waals surface area contributed by atoms with Gasteiger partial charge in [0.15, 0.2) is 0 Å². The van der Waals surface area contributed by atoms with Gasteiger partial charge in [0, 0.05) is 18.7 Å². The summed E-state index contributed by atoms with van der Waals surface area (Å²) in [5, 5.41) is 4.69. The summed E-state index contributed by atoms with van der Waals surface area (Å²) in [6.07, 6.45) is 6.72. The molecule has 0 saturated heterocycles. The van der Waals surface area contributed by atoms with Crippen LogP contribution < -0.4 is 5.73 Å². The Balaban J connectivity index is 2.18. The fourth-order valence-electron chi connectivity index (χ4n) is 3.11. The standard InChI is InChI=1S/C15H20N4/c1-15(8-4-5-9-15)13-12(14(16)19(2)18-13)11-7-3-6-10-17-11/h3,6-7,10H,4-5,8-9,16H2,1-2H3. The second-order valence-electron chi connectivity index (χ2n) is 5.72. The number of rotatable bonds is 2. The molecule has 0 radical (unpaired) electrons. The van der Waals surface area contributed by atoms with Crippen molar-refractivity contribution in [2.75, 3.05) is 5.73 Å². The van der Waals surface area contributed by atoms with Crippen LogP contribution in [-0.4, -0.2) is 14.8 Å². The third-order valence-electron chi connectivity index (χ3n) is 4.29. The molecule has 1 aliphatic carbocycles. The SMILES string of the molecule is Cn1nc(C2(C)CCCC2)c(-c2ccccn2)c1N. The van der Waals surface area contributed by atoms with Crippen LogP contribution in [0.15, 0.2) is 24.4 Å². The van der Waals surface area contributed by atoms with Gasteiger partial charge < -0.3 is 5.73 Å². The van der Waals surface area contributed by atoms with Crippen molar-refractivity contribution in [3.05, 3.63) is 30.1 Å². The van der Waals surface area contributed by atoms with Gasteiger partial charge in [-0.3, -0.25) is 9.67 Å². The van der Waals surface area contributed by atoms with Gasteiger partial charge in [0.05, 0.1) is 17.0 Å². The molecular formula is C15H20N4. The molecule has 1 fully saturated rings. The molecule has 0 aromatic carbocycles. The van der Waals surface area contributed by atoms with Crippen LogP contribution in [0.2, 0.25) is 0 Å². The lowest BCUT2D eigenvalue weighted by molar-refractivity contribution is 0.469. The van der Waals surface area contributed by atoms with E-state index < -0.39 is 0 Å². The molecule has 4 heteroatoms. The van der Waals surface area contributed by atoms with Crippen LogP contribution in [-0.2, 0) is 12.5 Å². The Morgan fingerprint density at radius 3 is 2.63 bits per heavy atom. The van der Waals surface area contributed by atoms with Crippen molar-refractivity contribution in [1.29, 1.82) is 0 Å². The molecule has 0 amide bonds. The second kappa shape index (κ2) is 4.37. The Labute approximate surface area is 113 Å². The van der Waals surface area contributed by atoms with Crippen LogP contribution in [0.1, 0.15) is 38.3 Å². The summed E-state index contributed by atoms with van der Waals surface area (Å²) in [6.45, 7) is 2.30. The summed E-state index contributed by atoms with van der Waals surface area (Å²) in [5.74, 6) is 0.710. The lowest BCUT2D eigenvalue weighted by Crippen LogP contribution is -2.19. The van der Waals surface area contributed by atoms with Crippen LogP contribution in [0.5, 0.6) is 0 Å². The van der Waals surface area contributed by atoms with Crippen molar-refractivity contribution in [2.24, 2.45) is 7.05 Å². The fourth-order valence-corrected chi connectivity index (χ4v) is 3.11. The van der Waals surface area contributed by atoms with Crippen molar-refractivity contribution >= 4 is 5.82 Å². The zero-order chi connectivity index (χ0) is 13.5. The van der Waals surface area contributed by atoms with Gasteiger partial charge in [-0.25, -0.2) is 0 Å². The summed E-state index contributed by atoms with van der Waals surface area (Å²) >= 11 is 0. The van der Waals surface area contributed by atoms with E-state index in [1.54, 1.807) is 4.68 Å². The van der Waals surface area contributed by atoms with Gasteiger partial charge in [0.1, 0.15) is 5.82 Å². The van der Waals surface area contributed by atoms with Crippen molar-refractivity contribution in [3.63, 3.8) is 0 Å². The van der Waals surface area contributed by atoms with Gasteiger partial charge in [-0.2, -0.15) is 5.10 Å². The summed E-state index contributed by atoms with van der Waals surface area (Å²) in [4.78, 5) is 4.45. The summed E-state index contributed by atoms with van der Waals surface area (Å²) in [5.41, 5.74) is 9.43. The molecule has 4 nitrogen and oxygen atoms in total. The monoisotopic (exact) mass is 256 g/mol. The predicted molar refractivity (Wildman–Crippen MR) is 76.7 cm³/mol. The van der Waals surface area contributed by atoms with Crippen LogP contribution in [0.3, 0.4) is 0 Å². The average molecular weight is 256 g/mol. The van der Waals surface area contributed by atoms with E-state index in [4.69, 9.17) is 10.8 Å². The molecule has 0 bridgehead atoms. The van der Waals surface area contributed by atoms with Crippen LogP contribution in [0.25, 0.3) is 11.3 Å². The quantitative estimate of drug-likeness (QED) is 0.898. The molecule has 2 heterocycles. The molecule has 0 unspecified atom stereocenters. The maximum Gasteiger partial charge on any atom is 0.131 e. The van der Waals surface area contributed by atoms with E-state index in [0.717, 1.165) is 17.0 Å². The molecule has 2 N–H and O–H groups in total. The Morgan fingerprint density at radius 1 is 1.26 bits per heavy atom. The first-order valence-corrected chi connectivity index (χ1v) is 6.86. The molecular weight excluding hydrogens is 236 g/mol. The normalized spacial score (nSPS) is 17.8. The first-order valence-electron chi connectivity index (χ1n) is 6.86. The smallest absolute Gasteiger partial charge is 0.131 e. The molecule has 0 atom stereocenters. The summed E-state index contributed by atoms with van der Waals surface area (Å²) in [7, 11) is 1.91. The molecule has 19 heavy (non-hydrogen) atoms. The highest BCUT2D eigenvalue weighted by Gasteiger charge is 2.36. The highest BCUT2D eigenvalue weighted by atomic mass is 15.3. The Hall–Kier alpha value is -1.84. The topological polar surface area (TPSA) is 56.7 Å². The molecule has 1 saturated carbocycles. The second-order valence-corrected chi connectivity index (χ2v) is 5.72. The minimum atomic E-state index is 0.141. The molecule has 0 aliphatic heterocycles. The van der Waals surface area contributed by atoms with E-state index in [2.05, 4.69) is 11.9 Å². The molecule has 2 aromatic rings. The summed E-state index contributed by atoms with van der Waals surface area (Å²) < 4.78 is 1.78. The van der Waals surface area contributed by atoms with Gasteiger partial charge in [-0.15, -0.1) is 0 Å². The first-order chi connectivity index (χ1) is 9.12. The number of hydrogen-bond acceptors (Lipinski definition) is 3. The predicted octanol–water partition coefficient (Wildman–Crippen LogP) is 2.90. The van der Waals surface area contributed by atoms with Gasteiger partial charge in [-0.1, -0.05) is 25.8 Å². The Kier molecular flexibility index (Phi) is 2.81. The lowest BCUT2D eigenvalue weighted by atomic mass is 9.82. The Morgan fingerprint density at radius 2 is 2.00 bits per heavy atom. The zero-order valence-corrected chi connectivity index (χ0v) is 11.6. The van der Waals surface area contributed by atoms with E-state index >= 15 is 0 Å².